The minimum absolute atomic E-state index is 0.0555. The molecule has 0 unspecified atom stereocenters. The van der Waals surface area contributed by atoms with Crippen LogP contribution in [0.3, 0.4) is 0 Å². The summed E-state index contributed by atoms with van der Waals surface area (Å²) >= 11 is 0. The number of fused-ring (bicyclic) bond motifs is 1. The summed E-state index contributed by atoms with van der Waals surface area (Å²) in [5.74, 6) is -0.998. The molecule has 4 nitrogen and oxygen atoms in total. The molecule has 3 rings (SSSR count). The van der Waals surface area contributed by atoms with Crippen molar-refractivity contribution in [1.82, 2.24) is 0 Å². The molecule has 0 spiro atoms. The number of carboxylic acids is 1. The second-order valence-electron chi connectivity index (χ2n) is 9.23. The van der Waals surface area contributed by atoms with Crippen LogP contribution in [0.2, 0.25) is 0 Å². The first-order chi connectivity index (χ1) is 13.5. The Hall–Kier alpha value is -2.88. The van der Waals surface area contributed by atoms with E-state index in [4.69, 9.17) is 5.11 Å². The Morgan fingerprint density at radius 2 is 1.66 bits per heavy atom. The fraction of sp³-hybridized carbons (Fsp3) is 0.360. The van der Waals surface area contributed by atoms with Crippen LogP contribution in [0.25, 0.3) is 6.08 Å². The van der Waals surface area contributed by atoms with Crippen molar-refractivity contribution < 1.29 is 15.1 Å². The number of carboxylic acid groups (broad SMARTS) is 1. The summed E-state index contributed by atoms with van der Waals surface area (Å²) in [7, 11) is 0. The standard InChI is InChI=1S/C25H29NO3/c1-16-13-20-21(25(4,5)12-11-24(20,2)3)15-19(16)23(26-29)18-8-6-7-17(14-18)9-10-22(27)28/h6-10,13-15,29H,11-12H2,1-5H3,(H,27,28). The van der Waals surface area contributed by atoms with Crippen LogP contribution in [0.15, 0.2) is 47.6 Å². The largest absolute Gasteiger partial charge is 0.478 e. The lowest BCUT2D eigenvalue weighted by atomic mass is 9.62. The molecular weight excluding hydrogens is 362 g/mol. The number of carbonyl (C=O) groups is 1. The van der Waals surface area contributed by atoms with E-state index in [2.05, 4.69) is 45.0 Å². The number of rotatable bonds is 4. The van der Waals surface area contributed by atoms with Gasteiger partial charge in [0, 0.05) is 17.2 Å². The van der Waals surface area contributed by atoms with Gasteiger partial charge in [0.15, 0.2) is 0 Å². The second kappa shape index (κ2) is 7.51. The molecule has 2 N–H and O–H groups in total. The number of oxime groups is 1. The van der Waals surface area contributed by atoms with Gasteiger partial charge >= 0.3 is 5.97 Å². The van der Waals surface area contributed by atoms with E-state index < -0.39 is 5.97 Å². The van der Waals surface area contributed by atoms with Crippen LogP contribution in [-0.4, -0.2) is 22.0 Å². The van der Waals surface area contributed by atoms with Gasteiger partial charge in [-0.15, -0.1) is 0 Å². The Bertz CT molecular complexity index is 1010. The van der Waals surface area contributed by atoms with E-state index in [1.54, 1.807) is 0 Å². The Labute approximate surface area is 172 Å². The third-order valence-corrected chi connectivity index (χ3v) is 6.13. The van der Waals surface area contributed by atoms with Crippen LogP contribution in [0.1, 0.15) is 73.9 Å². The molecule has 2 aromatic rings. The number of benzene rings is 2. The Morgan fingerprint density at radius 3 is 2.24 bits per heavy atom. The van der Waals surface area contributed by atoms with Crippen molar-refractivity contribution >= 4 is 17.8 Å². The van der Waals surface area contributed by atoms with E-state index in [1.807, 2.05) is 31.2 Å². The number of aryl methyl sites for hydroxylation is 1. The minimum atomic E-state index is -0.998. The number of hydrogen-bond donors (Lipinski definition) is 2. The summed E-state index contributed by atoms with van der Waals surface area (Å²) in [6.45, 7) is 11.2. The normalized spacial score (nSPS) is 17.9. The smallest absolute Gasteiger partial charge is 0.328 e. The molecule has 0 radical (unpaired) electrons. The molecule has 0 heterocycles. The molecule has 0 saturated carbocycles. The molecule has 152 valence electrons. The Kier molecular flexibility index (Phi) is 5.40. The Morgan fingerprint density at radius 1 is 1.03 bits per heavy atom. The zero-order valence-corrected chi connectivity index (χ0v) is 17.8. The van der Waals surface area contributed by atoms with E-state index in [1.165, 1.54) is 17.2 Å². The van der Waals surface area contributed by atoms with Gasteiger partial charge in [0.05, 0.1) is 0 Å². The highest BCUT2D eigenvalue weighted by Gasteiger charge is 2.37. The first-order valence-electron chi connectivity index (χ1n) is 9.95. The van der Waals surface area contributed by atoms with Crippen LogP contribution in [0.5, 0.6) is 0 Å². The van der Waals surface area contributed by atoms with Crippen LogP contribution in [0.4, 0.5) is 0 Å². The van der Waals surface area contributed by atoms with Crippen molar-refractivity contribution in [2.75, 3.05) is 0 Å². The van der Waals surface area contributed by atoms with Crippen molar-refractivity contribution in [3.63, 3.8) is 0 Å². The maximum Gasteiger partial charge on any atom is 0.328 e. The minimum Gasteiger partial charge on any atom is -0.478 e. The van der Waals surface area contributed by atoms with Gasteiger partial charge in [-0.25, -0.2) is 4.79 Å². The lowest BCUT2D eigenvalue weighted by molar-refractivity contribution is -0.131. The fourth-order valence-corrected chi connectivity index (χ4v) is 4.20. The predicted octanol–water partition coefficient (Wildman–Crippen LogP) is 5.67. The van der Waals surface area contributed by atoms with Crippen molar-refractivity contribution in [2.45, 2.75) is 58.3 Å². The van der Waals surface area contributed by atoms with Crippen molar-refractivity contribution in [1.29, 1.82) is 0 Å². The molecule has 0 amide bonds. The molecule has 4 heteroatoms. The molecule has 1 aliphatic rings. The molecule has 0 aromatic heterocycles. The molecule has 2 aromatic carbocycles. The summed E-state index contributed by atoms with van der Waals surface area (Å²) in [4.78, 5) is 10.8. The number of hydrogen-bond acceptors (Lipinski definition) is 3. The molecule has 0 atom stereocenters. The molecule has 0 bridgehead atoms. The highest BCUT2D eigenvalue weighted by atomic mass is 16.4. The summed E-state index contributed by atoms with van der Waals surface area (Å²) in [6, 6.07) is 11.8. The van der Waals surface area contributed by atoms with E-state index in [0.29, 0.717) is 5.71 Å². The lowest BCUT2D eigenvalue weighted by Crippen LogP contribution is -2.34. The molecular formula is C25H29NO3. The topological polar surface area (TPSA) is 69.9 Å². The fourth-order valence-electron chi connectivity index (χ4n) is 4.20. The maximum atomic E-state index is 10.8. The van der Waals surface area contributed by atoms with Gasteiger partial charge in [0.1, 0.15) is 5.71 Å². The van der Waals surface area contributed by atoms with Gasteiger partial charge < -0.3 is 10.3 Å². The average Bonchev–Trinajstić information content (AvgIpc) is 2.66. The summed E-state index contributed by atoms with van der Waals surface area (Å²) in [5.41, 5.74) is 6.79. The van der Waals surface area contributed by atoms with Crippen LogP contribution >= 0.6 is 0 Å². The van der Waals surface area contributed by atoms with Crippen LogP contribution in [-0.2, 0) is 15.6 Å². The number of nitrogens with zero attached hydrogens (tertiary/aromatic N) is 1. The first-order valence-corrected chi connectivity index (χ1v) is 9.95. The third kappa shape index (κ3) is 4.12. The first kappa shape index (κ1) is 20.8. The van der Waals surface area contributed by atoms with E-state index >= 15 is 0 Å². The molecule has 1 aliphatic carbocycles. The summed E-state index contributed by atoms with van der Waals surface area (Å²) in [6.07, 6.45) is 4.89. The maximum absolute atomic E-state index is 10.8. The highest BCUT2D eigenvalue weighted by Crippen LogP contribution is 2.46. The van der Waals surface area contributed by atoms with E-state index in [9.17, 15) is 10.0 Å². The summed E-state index contributed by atoms with van der Waals surface area (Å²) < 4.78 is 0. The zero-order chi connectivity index (χ0) is 21.4. The van der Waals surface area contributed by atoms with Crippen LogP contribution in [0, 0.1) is 6.92 Å². The van der Waals surface area contributed by atoms with E-state index in [-0.39, 0.29) is 10.8 Å². The molecule has 0 fully saturated rings. The van der Waals surface area contributed by atoms with Gasteiger partial charge in [-0.1, -0.05) is 57.1 Å². The Balaban J connectivity index is 2.13. The van der Waals surface area contributed by atoms with Gasteiger partial charge in [-0.05, 0) is 71.1 Å². The van der Waals surface area contributed by atoms with Gasteiger partial charge in [0.2, 0.25) is 0 Å². The second-order valence-corrected chi connectivity index (χ2v) is 9.23. The van der Waals surface area contributed by atoms with E-state index in [0.717, 1.165) is 41.2 Å². The summed E-state index contributed by atoms with van der Waals surface area (Å²) in [5, 5.41) is 22.4. The van der Waals surface area contributed by atoms with Gasteiger partial charge in [-0.2, -0.15) is 0 Å². The lowest BCUT2D eigenvalue weighted by Gasteiger charge is -2.42. The van der Waals surface area contributed by atoms with Gasteiger partial charge in [0.25, 0.3) is 0 Å². The van der Waals surface area contributed by atoms with Crippen LogP contribution < -0.4 is 0 Å². The predicted molar refractivity (Wildman–Crippen MR) is 117 cm³/mol. The molecule has 0 aliphatic heterocycles. The molecule has 0 saturated heterocycles. The number of aliphatic carboxylic acids is 1. The monoisotopic (exact) mass is 391 g/mol. The SMILES string of the molecule is Cc1cc2c(cc1C(=NO)c1cccc(C=CC(=O)O)c1)C(C)(C)CCC2(C)C. The van der Waals surface area contributed by atoms with Gasteiger partial charge in [-0.3, -0.25) is 0 Å². The van der Waals surface area contributed by atoms with Crippen molar-refractivity contribution in [3.05, 3.63) is 75.9 Å². The zero-order valence-electron chi connectivity index (χ0n) is 17.8. The average molecular weight is 392 g/mol. The third-order valence-electron chi connectivity index (χ3n) is 6.13. The van der Waals surface area contributed by atoms with Crippen molar-refractivity contribution in [2.24, 2.45) is 5.16 Å². The highest BCUT2D eigenvalue weighted by molar-refractivity contribution is 6.13. The van der Waals surface area contributed by atoms with Crippen molar-refractivity contribution in [3.8, 4) is 0 Å². The quantitative estimate of drug-likeness (QED) is 0.305. The molecule has 29 heavy (non-hydrogen) atoms.